The van der Waals surface area contributed by atoms with Gasteiger partial charge in [0, 0.05) is 6.61 Å². The van der Waals surface area contributed by atoms with Crippen LogP contribution in [0.5, 0.6) is 0 Å². The fraction of sp³-hybridized carbons (Fsp3) is 0.400. The van der Waals surface area contributed by atoms with Gasteiger partial charge in [-0.3, -0.25) is 0 Å². The zero-order valence-corrected chi connectivity index (χ0v) is 20.4. The van der Waals surface area contributed by atoms with E-state index in [1.165, 1.54) is 0 Å². The summed E-state index contributed by atoms with van der Waals surface area (Å²) in [5.41, 5.74) is 3.29. The summed E-state index contributed by atoms with van der Waals surface area (Å²) in [4.78, 5) is 0. The average molecular weight is 477 g/mol. The van der Waals surface area contributed by atoms with Crippen molar-refractivity contribution in [2.24, 2.45) is 0 Å². The smallest absolute Gasteiger partial charge is 0.115 e. The number of aliphatic hydroxyl groups excluding tert-OH is 1. The Labute approximate surface area is 208 Å². The molecule has 186 valence electrons. The molecule has 0 aromatic heterocycles. The van der Waals surface area contributed by atoms with Gasteiger partial charge in [-0.1, -0.05) is 91.0 Å². The van der Waals surface area contributed by atoms with Gasteiger partial charge in [-0.15, -0.1) is 0 Å². The Hall–Kier alpha value is -2.54. The highest BCUT2D eigenvalue weighted by Crippen LogP contribution is 2.32. The number of rotatable bonds is 12. The van der Waals surface area contributed by atoms with Crippen LogP contribution in [0.25, 0.3) is 0 Å². The van der Waals surface area contributed by atoms with Crippen LogP contribution in [-0.4, -0.2) is 42.2 Å². The Morgan fingerprint density at radius 3 is 1.51 bits per heavy atom. The molecule has 0 unspecified atom stereocenters. The standard InChI is InChI=1S/C30H36O5/c1-23-28(32-20-24-12-5-2-6-13-24)30(34-22-26-16-9-4-10-17-26)29(27(35-23)18-11-19-31)33-21-25-14-7-3-8-15-25/h2-10,12-17,23,27-31H,11,18-22H2,1H3/t23-,27-,28+,29+,30+/m0/s1. The van der Waals surface area contributed by atoms with Crippen molar-refractivity contribution in [2.45, 2.75) is 70.1 Å². The van der Waals surface area contributed by atoms with Crippen LogP contribution >= 0.6 is 0 Å². The molecular weight excluding hydrogens is 440 g/mol. The van der Waals surface area contributed by atoms with Gasteiger partial charge in [0.25, 0.3) is 0 Å². The summed E-state index contributed by atoms with van der Waals surface area (Å²) in [5, 5.41) is 9.48. The molecule has 3 aromatic rings. The normalized spacial score (nSPS) is 24.3. The van der Waals surface area contributed by atoms with Crippen LogP contribution in [-0.2, 0) is 38.8 Å². The zero-order chi connectivity index (χ0) is 24.3. The molecule has 0 aliphatic carbocycles. The molecule has 1 fully saturated rings. The lowest BCUT2D eigenvalue weighted by molar-refractivity contribution is -0.262. The number of aliphatic hydroxyl groups is 1. The van der Waals surface area contributed by atoms with E-state index in [1.54, 1.807) is 0 Å². The van der Waals surface area contributed by atoms with Crippen LogP contribution in [0.15, 0.2) is 91.0 Å². The minimum Gasteiger partial charge on any atom is -0.396 e. The highest BCUT2D eigenvalue weighted by atomic mass is 16.6. The van der Waals surface area contributed by atoms with E-state index in [0.717, 1.165) is 16.7 Å². The van der Waals surface area contributed by atoms with E-state index in [1.807, 2.05) is 61.5 Å². The molecule has 0 bridgehead atoms. The molecule has 35 heavy (non-hydrogen) atoms. The van der Waals surface area contributed by atoms with Crippen LogP contribution < -0.4 is 0 Å². The third kappa shape index (κ3) is 7.47. The van der Waals surface area contributed by atoms with Crippen molar-refractivity contribution in [2.75, 3.05) is 6.61 Å². The van der Waals surface area contributed by atoms with Crippen LogP contribution in [0, 0.1) is 0 Å². The molecule has 0 amide bonds. The molecule has 3 aromatic carbocycles. The summed E-state index contributed by atoms with van der Waals surface area (Å²) < 4.78 is 25.9. The van der Waals surface area contributed by atoms with E-state index >= 15 is 0 Å². The second-order valence-electron chi connectivity index (χ2n) is 9.03. The van der Waals surface area contributed by atoms with Crippen molar-refractivity contribution in [3.8, 4) is 0 Å². The fourth-order valence-electron chi connectivity index (χ4n) is 4.54. The highest BCUT2D eigenvalue weighted by Gasteiger charge is 2.46. The SMILES string of the molecule is C[C@@H]1O[C@@H](CCCO)[C@@H](OCc2ccccc2)[C@H](OCc2ccccc2)[C@@H]1OCc1ccccc1. The van der Waals surface area contributed by atoms with Crippen LogP contribution in [0.1, 0.15) is 36.5 Å². The second-order valence-corrected chi connectivity index (χ2v) is 9.03. The minimum atomic E-state index is -0.331. The maximum absolute atomic E-state index is 9.48. The van der Waals surface area contributed by atoms with Crippen molar-refractivity contribution in [3.05, 3.63) is 108 Å². The summed E-state index contributed by atoms with van der Waals surface area (Å²) in [5.74, 6) is 0. The van der Waals surface area contributed by atoms with Gasteiger partial charge < -0.3 is 24.1 Å². The molecule has 1 aliphatic rings. The van der Waals surface area contributed by atoms with Crippen molar-refractivity contribution in [1.82, 2.24) is 0 Å². The molecule has 1 saturated heterocycles. The van der Waals surface area contributed by atoms with E-state index in [4.69, 9.17) is 18.9 Å². The molecule has 5 nitrogen and oxygen atoms in total. The van der Waals surface area contributed by atoms with Gasteiger partial charge >= 0.3 is 0 Å². The first-order valence-corrected chi connectivity index (χ1v) is 12.5. The van der Waals surface area contributed by atoms with Crippen LogP contribution in [0.3, 0.4) is 0 Å². The van der Waals surface area contributed by atoms with Gasteiger partial charge in [-0.05, 0) is 36.5 Å². The third-order valence-electron chi connectivity index (χ3n) is 6.37. The van der Waals surface area contributed by atoms with Crippen molar-refractivity contribution < 1.29 is 24.1 Å². The van der Waals surface area contributed by atoms with Gasteiger partial charge in [0.1, 0.15) is 18.3 Å². The first-order valence-electron chi connectivity index (χ1n) is 12.5. The lowest BCUT2D eigenvalue weighted by Gasteiger charge is -2.45. The lowest BCUT2D eigenvalue weighted by Crippen LogP contribution is -2.59. The molecule has 5 heteroatoms. The maximum atomic E-state index is 9.48. The Bertz CT molecular complexity index is 966. The maximum Gasteiger partial charge on any atom is 0.115 e. The molecule has 5 atom stereocenters. The Morgan fingerprint density at radius 1 is 0.629 bits per heavy atom. The van der Waals surface area contributed by atoms with E-state index < -0.39 is 0 Å². The number of hydrogen-bond donors (Lipinski definition) is 1. The summed E-state index contributed by atoms with van der Waals surface area (Å²) >= 11 is 0. The first-order chi connectivity index (χ1) is 17.2. The van der Waals surface area contributed by atoms with Crippen LogP contribution in [0.4, 0.5) is 0 Å². The second kappa shape index (κ2) is 13.5. The van der Waals surface area contributed by atoms with Crippen molar-refractivity contribution in [1.29, 1.82) is 0 Å². The highest BCUT2D eigenvalue weighted by molar-refractivity contribution is 5.15. The van der Waals surface area contributed by atoms with E-state index in [9.17, 15) is 5.11 Å². The summed E-state index contributed by atoms with van der Waals surface area (Å²) in [6, 6.07) is 30.4. The first kappa shape index (κ1) is 25.5. The summed E-state index contributed by atoms with van der Waals surface area (Å²) in [6.07, 6.45) is 0.000931. The zero-order valence-electron chi connectivity index (χ0n) is 20.4. The van der Waals surface area contributed by atoms with E-state index in [-0.39, 0.29) is 37.1 Å². The van der Waals surface area contributed by atoms with Gasteiger partial charge in [-0.25, -0.2) is 0 Å². The molecule has 1 N–H and O–H groups in total. The summed E-state index contributed by atoms with van der Waals surface area (Å²) in [6.45, 7) is 3.53. The predicted octanol–water partition coefficient (Wildman–Crippen LogP) is 5.30. The average Bonchev–Trinajstić information content (AvgIpc) is 2.91. The quantitative estimate of drug-likeness (QED) is 0.384. The lowest BCUT2D eigenvalue weighted by atomic mass is 9.92. The Balaban J connectivity index is 1.55. The topological polar surface area (TPSA) is 57.2 Å². The predicted molar refractivity (Wildman–Crippen MR) is 136 cm³/mol. The Morgan fingerprint density at radius 2 is 1.06 bits per heavy atom. The van der Waals surface area contributed by atoms with Gasteiger partial charge in [-0.2, -0.15) is 0 Å². The van der Waals surface area contributed by atoms with Gasteiger partial charge in [0.15, 0.2) is 0 Å². The van der Waals surface area contributed by atoms with Crippen LogP contribution in [0.2, 0.25) is 0 Å². The molecule has 1 aliphatic heterocycles. The minimum absolute atomic E-state index is 0.114. The van der Waals surface area contributed by atoms with Crippen molar-refractivity contribution >= 4 is 0 Å². The number of ether oxygens (including phenoxy) is 4. The van der Waals surface area contributed by atoms with Gasteiger partial charge in [0.2, 0.25) is 0 Å². The largest absolute Gasteiger partial charge is 0.396 e. The molecule has 4 rings (SSSR count). The molecular formula is C30H36O5. The fourth-order valence-corrected chi connectivity index (χ4v) is 4.54. The monoisotopic (exact) mass is 476 g/mol. The van der Waals surface area contributed by atoms with E-state index in [2.05, 4.69) is 36.4 Å². The molecule has 1 heterocycles. The molecule has 0 radical (unpaired) electrons. The number of benzene rings is 3. The molecule has 0 saturated carbocycles. The summed E-state index contributed by atoms with van der Waals surface area (Å²) in [7, 11) is 0. The van der Waals surface area contributed by atoms with E-state index in [0.29, 0.717) is 32.7 Å². The third-order valence-corrected chi connectivity index (χ3v) is 6.37. The number of hydrogen-bond acceptors (Lipinski definition) is 5. The van der Waals surface area contributed by atoms with Crippen molar-refractivity contribution in [3.63, 3.8) is 0 Å². The Kier molecular flexibility index (Phi) is 9.87. The van der Waals surface area contributed by atoms with Gasteiger partial charge in [0.05, 0.1) is 32.0 Å². The molecule has 0 spiro atoms.